The largest absolute Gasteiger partial charge is 0.370 e. The van der Waals surface area contributed by atoms with Gasteiger partial charge < -0.3 is 4.90 Å². The summed E-state index contributed by atoms with van der Waals surface area (Å²) in [6.45, 7) is 1.06. The van der Waals surface area contributed by atoms with Gasteiger partial charge in [-0.15, -0.1) is 0 Å². The summed E-state index contributed by atoms with van der Waals surface area (Å²) < 4.78 is 0. The number of carbonyl (C=O) groups excluding carboxylic acids is 1. The van der Waals surface area contributed by atoms with Gasteiger partial charge in [0.15, 0.2) is 0 Å². The molecule has 0 aliphatic carbocycles. The second kappa shape index (κ2) is 8.31. The van der Waals surface area contributed by atoms with Crippen molar-refractivity contribution in [3.8, 4) is 0 Å². The monoisotopic (exact) mass is 334 g/mol. The topological polar surface area (TPSA) is 52.6 Å². The van der Waals surface area contributed by atoms with Gasteiger partial charge in [-0.3, -0.25) is 10.0 Å². The molecule has 0 aromatic heterocycles. The Bertz CT molecular complexity index is 751. The van der Waals surface area contributed by atoms with Crippen LogP contribution in [-0.2, 0) is 4.79 Å². The first-order valence-corrected chi connectivity index (χ1v) is 8.47. The average Bonchev–Trinajstić information content (AvgIpc) is 3.14. The smallest absolute Gasteiger partial charge is 0.267 e. The molecule has 0 bridgehead atoms. The van der Waals surface area contributed by atoms with E-state index < -0.39 is 5.91 Å². The van der Waals surface area contributed by atoms with Crippen LogP contribution in [-0.4, -0.2) is 22.6 Å². The van der Waals surface area contributed by atoms with E-state index in [1.807, 2.05) is 30.3 Å². The molecule has 4 nitrogen and oxygen atoms in total. The fraction of sp³-hybridized carbons (Fsp3) is 0.190. The molecule has 2 aromatic rings. The highest BCUT2D eigenvalue weighted by atomic mass is 16.5. The number of amides is 1. The maximum absolute atomic E-state index is 11.0. The molecule has 2 aromatic carbocycles. The van der Waals surface area contributed by atoms with Crippen molar-refractivity contribution < 1.29 is 10.0 Å². The zero-order valence-corrected chi connectivity index (χ0v) is 14.0. The third kappa shape index (κ3) is 4.58. The Morgan fingerprint density at radius 2 is 1.76 bits per heavy atom. The normalized spacial score (nSPS) is 17.5. The van der Waals surface area contributed by atoms with Crippen LogP contribution in [0.5, 0.6) is 0 Å². The van der Waals surface area contributed by atoms with Crippen LogP contribution in [0.1, 0.15) is 35.6 Å². The van der Waals surface area contributed by atoms with Gasteiger partial charge in [-0.1, -0.05) is 54.6 Å². The second-order valence-electron chi connectivity index (χ2n) is 6.10. The molecule has 1 aliphatic rings. The third-order valence-corrected chi connectivity index (χ3v) is 4.41. The fourth-order valence-electron chi connectivity index (χ4n) is 3.11. The highest BCUT2D eigenvalue weighted by molar-refractivity contribution is 5.90. The van der Waals surface area contributed by atoms with Crippen molar-refractivity contribution in [1.29, 1.82) is 0 Å². The van der Waals surface area contributed by atoms with E-state index in [1.165, 1.54) is 23.6 Å². The molecule has 0 spiro atoms. The Balaban J connectivity index is 1.69. The molecule has 1 fully saturated rings. The van der Waals surface area contributed by atoms with Crippen LogP contribution in [0.4, 0.5) is 0 Å². The maximum atomic E-state index is 11.0. The van der Waals surface area contributed by atoms with Crippen LogP contribution in [0.25, 0.3) is 12.2 Å². The number of hydroxylamine groups is 1. The van der Waals surface area contributed by atoms with Crippen molar-refractivity contribution in [3.05, 3.63) is 83.6 Å². The van der Waals surface area contributed by atoms with Crippen molar-refractivity contribution >= 4 is 18.1 Å². The average molecular weight is 334 g/mol. The Hall–Kier alpha value is -2.85. The maximum Gasteiger partial charge on any atom is 0.267 e. The van der Waals surface area contributed by atoms with Gasteiger partial charge in [0.05, 0.1) is 6.04 Å². The Labute approximate surface area is 148 Å². The van der Waals surface area contributed by atoms with E-state index in [0.717, 1.165) is 18.5 Å². The van der Waals surface area contributed by atoms with Crippen LogP contribution < -0.4 is 5.48 Å². The molecular formula is C21H22N2O2. The number of benzene rings is 2. The van der Waals surface area contributed by atoms with Gasteiger partial charge >= 0.3 is 0 Å². The first-order chi connectivity index (χ1) is 12.3. The molecule has 1 atom stereocenters. The van der Waals surface area contributed by atoms with Crippen molar-refractivity contribution in [2.75, 3.05) is 6.54 Å². The molecule has 1 aliphatic heterocycles. The Morgan fingerprint density at radius 3 is 2.48 bits per heavy atom. The molecule has 0 saturated carbocycles. The molecule has 25 heavy (non-hydrogen) atoms. The number of carbonyl (C=O) groups is 1. The van der Waals surface area contributed by atoms with Crippen molar-refractivity contribution in [2.45, 2.75) is 18.9 Å². The third-order valence-electron chi connectivity index (χ3n) is 4.41. The number of rotatable bonds is 5. The van der Waals surface area contributed by atoms with E-state index >= 15 is 0 Å². The van der Waals surface area contributed by atoms with Crippen LogP contribution in [0.2, 0.25) is 0 Å². The van der Waals surface area contributed by atoms with Gasteiger partial charge in [0, 0.05) is 18.8 Å². The number of likely N-dealkylation sites (tertiary alicyclic amines) is 1. The minimum Gasteiger partial charge on any atom is -0.370 e. The minimum absolute atomic E-state index is 0.388. The highest BCUT2D eigenvalue weighted by Gasteiger charge is 2.23. The van der Waals surface area contributed by atoms with E-state index in [0.29, 0.717) is 6.04 Å². The van der Waals surface area contributed by atoms with E-state index in [9.17, 15) is 4.79 Å². The SMILES string of the molecule is O=C(/C=C/c1ccc([C@@H]2CCCN2C=Cc2ccccc2)cc1)NO. The van der Waals surface area contributed by atoms with Crippen LogP contribution in [0.3, 0.4) is 0 Å². The van der Waals surface area contributed by atoms with Gasteiger partial charge in [-0.2, -0.15) is 0 Å². The Morgan fingerprint density at radius 1 is 1.04 bits per heavy atom. The van der Waals surface area contributed by atoms with Gasteiger partial charge in [-0.25, -0.2) is 5.48 Å². The molecule has 1 amide bonds. The first kappa shape index (κ1) is 17.0. The van der Waals surface area contributed by atoms with Crippen molar-refractivity contribution in [3.63, 3.8) is 0 Å². The van der Waals surface area contributed by atoms with Crippen molar-refractivity contribution in [1.82, 2.24) is 10.4 Å². The lowest BCUT2D eigenvalue weighted by Crippen LogP contribution is -2.16. The number of hydrogen-bond donors (Lipinski definition) is 2. The van der Waals surface area contributed by atoms with E-state index in [-0.39, 0.29) is 0 Å². The van der Waals surface area contributed by atoms with Gasteiger partial charge in [-0.05, 0) is 41.7 Å². The summed E-state index contributed by atoms with van der Waals surface area (Å²) >= 11 is 0. The van der Waals surface area contributed by atoms with E-state index in [2.05, 4.69) is 41.4 Å². The molecule has 1 heterocycles. The fourth-order valence-corrected chi connectivity index (χ4v) is 3.11. The summed E-state index contributed by atoms with van der Waals surface area (Å²) in [6.07, 6.45) is 9.65. The van der Waals surface area contributed by atoms with E-state index in [1.54, 1.807) is 11.6 Å². The Kier molecular flexibility index (Phi) is 5.65. The lowest BCUT2D eigenvalue weighted by atomic mass is 10.0. The van der Waals surface area contributed by atoms with Crippen LogP contribution in [0, 0.1) is 0 Å². The standard InChI is InChI=1S/C21H22N2O2/c24-21(22-25)13-10-18-8-11-19(12-9-18)20-7-4-15-23(20)16-14-17-5-2-1-3-6-17/h1-3,5-6,8-14,16,20,25H,4,7,15H2,(H,22,24)/b13-10+,16-14?/t20-/m0/s1. The lowest BCUT2D eigenvalue weighted by molar-refractivity contribution is -0.124. The van der Waals surface area contributed by atoms with Gasteiger partial charge in [0.1, 0.15) is 0 Å². The molecular weight excluding hydrogens is 312 g/mol. The van der Waals surface area contributed by atoms with Gasteiger partial charge in [0.25, 0.3) is 5.91 Å². The molecule has 0 radical (unpaired) electrons. The molecule has 128 valence electrons. The predicted molar refractivity (Wildman–Crippen MR) is 99.6 cm³/mol. The predicted octanol–water partition coefficient (Wildman–Crippen LogP) is 4.01. The van der Waals surface area contributed by atoms with E-state index in [4.69, 9.17) is 5.21 Å². The molecule has 3 rings (SSSR count). The quantitative estimate of drug-likeness (QED) is 0.493. The summed E-state index contributed by atoms with van der Waals surface area (Å²) in [5, 5.41) is 8.50. The first-order valence-electron chi connectivity index (χ1n) is 8.47. The van der Waals surface area contributed by atoms with Crippen LogP contribution >= 0.6 is 0 Å². The number of hydrogen-bond acceptors (Lipinski definition) is 3. The number of nitrogens with one attached hydrogen (secondary N) is 1. The molecule has 2 N–H and O–H groups in total. The summed E-state index contributed by atoms with van der Waals surface area (Å²) in [5.41, 5.74) is 4.99. The zero-order chi connectivity index (χ0) is 17.5. The summed E-state index contributed by atoms with van der Waals surface area (Å²) in [7, 11) is 0. The summed E-state index contributed by atoms with van der Waals surface area (Å²) in [6, 6.07) is 18.9. The minimum atomic E-state index is -0.530. The molecule has 1 saturated heterocycles. The summed E-state index contributed by atoms with van der Waals surface area (Å²) in [4.78, 5) is 13.4. The zero-order valence-electron chi connectivity index (χ0n) is 14.0. The van der Waals surface area contributed by atoms with Gasteiger partial charge in [0.2, 0.25) is 0 Å². The van der Waals surface area contributed by atoms with Crippen molar-refractivity contribution in [2.24, 2.45) is 0 Å². The highest BCUT2D eigenvalue weighted by Crippen LogP contribution is 2.32. The molecule has 4 heteroatoms. The lowest BCUT2D eigenvalue weighted by Gasteiger charge is -2.23. The molecule has 0 unspecified atom stereocenters. The second-order valence-corrected chi connectivity index (χ2v) is 6.10. The summed E-state index contributed by atoms with van der Waals surface area (Å²) in [5.74, 6) is -0.530. The number of nitrogens with zero attached hydrogens (tertiary/aromatic N) is 1. The van der Waals surface area contributed by atoms with Crippen LogP contribution in [0.15, 0.2) is 66.9 Å².